The van der Waals surface area contributed by atoms with Crippen LogP contribution in [0.5, 0.6) is 0 Å². The fraction of sp³-hybridized carbons (Fsp3) is 0.296. The Balaban J connectivity index is 1.52. The van der Waals surface area contributed by atoms with E-state index in [1.54, 1.807) is 12.3 Å². The van der Waals surface area contributed by atoms with Crippen molar-refractivity contribution in [2.24, 2.45) is 0 Å². The molecular formula is C27H26F3N5O2S3. The molecule has 1 fully saturated rings. The second kappa shape index (κ2) is 11.8. The molecule has 3 heterocycles. The summed E-state index contributed by atoms with van der Waals surface area (Å²) in [5, 5.41) is 4.23. The van der Waals surface area contributed by atoms with Gasteiger partial charge in [0.2, 0.25) is 5.95 Å². The van der Waals surface area contributed by atoms with Crippen LogP contribution in [-0.2, 0) is 10.0 Å². The summed E-state index contributed by atoms with van der Waals surface area (Å²) in [6.07, 6.45) is 3.71. The highest BCUT2D eigenvalue weighted by Gasteiger charge is 2.24. The number of thioether (sulfide) groups is 1. The molecule has 2 aromatic heterocycles. The summed E-state index contributed by atoms with van der Waals surface area (Å²) in [7, 11) is -4.63. The molecule has 0 unspecified atom stereocenters. The van der Waals surface area contributed by atoms with E-state index in [4.69, 9.17) is 9.97 Å². The average Bonchev–Trinajstić information content (AvgIpc) is 3.38. The smallest absolute Gasteiger partial charge is 0.265 e. The molecule has 0 spiro atoms. The summed E-state index contributed by atoms with van der Waals surface area (Å²) in [5.74, 6) is -0.230. The third-order valence-electron chi connectivity index (χ3n) is 6.25. The maximum atomic E-state index is 14.8. The van der Waals surface area contributed by atoms with Crippen LogP contribution in [0.3, 0.4) is 0 Å². The minimum absolute atomic E-state index is 0.0889. The van der Waals surface area contributed by atoms with Crippen LogP contribution in [-0.4, -0.2) is 40.9 Å². The Kier molecular flexibility index (Phi) is 8.34. The molecule has 7 nitrogen and oxygen atoms in total. The van der Waals surface area contributed by atoms with E-state index >= 15 is 0 Å². The topological polar surface area (TPSA) is 96.9 Å². The van der Waals surface area contributed by atoms with Crippen molar-refractivity contribution in [3.63, 3.8) is 0 Å². The lowest BCUT2D eigenvalue weighted by molar-refractivity contribution is 0.555. The predicted octanol–water partition coefficient (Wildman–Crippen LogP) is 6.92. The summed E-state index contributed by atoms with van der Waals surface area (Å²) in [6, 6.07) is 7.96. The van der Waals surface area contributed by atoms with Gasteiger partial charge in [-0.1, -0.05) is 13.8 Å². The zero-order valence-corrected chi connectivity index (χ0v) is 24.1. The molecule has 0 atom stereocenters. The largest absolute Gasteiger partial charge is 0.351 e. The molecule has 5 rings (SSSR count). The minimum Gasteiger partial charge on any atom is -0.351 e. The van der Waals surface area contributed by atoms with Crippen LogP contribution < -0.4 is 10.0 Å². The van der Waals surface area contributed by atoms with Crippen LogP contribution in [0.1, 0.15) is 37.6 Å². The second-order valence-electron chi connectivity index (χ2n) is 9.56. The van der Waals surface area contributed by atoms with Gasteiger partial charge in [0.05, 0.1) is 27.0 Å². The molecule has 1 saturated heterocycles. The zero-order chi connectivity index (χ0) is 28.4. The molecule has 4 aromatic rings. The lowest BCUT2D eigenvalue weighted by atomic mass is 10.1. The van der Waals surface area contributed by atoms with E-state index in [1.807, 2.05) is 25.6 Å². The first-order chi connectivity index (χ1) is 19.1. The molecule has 1 aliphatic rings. The van der Waals surface area contributed by atoms with E-state index < -0.39 is 38.1 Å². The summed E-state index contributed by atoms with van der Waals surface area (Å²) in [6.45, 7) is 4.00. The van der Waals surface area contributed by atoms with Crippen LogP contribution in [0.4, 0.5) is 24.8 Å². The number of hydrogen-bond donors (Lipinski definition) is 2. The molecule has 40 heavy (non-hydrogen) atoms. The van der Waals surface area contributed by atoms with Crippen LogP contribution >= 0.6 is 23.1 Å². The molecule has 0 aliphatic carbocycles. The SMILES string of the molecule is CC(C)c1nc(-c2ccc(F)c(NS(=O)(=O)c3cc(F)ccc3F)c2)c(-c2ccnc(NC3CCSCC3)n2)s1. The number of nitrogens with zero attached hydrogens (tertiary/aromatic N) is 3. The van der Waals surface area contributed by atoms with Gasteiger partial charge in [0.25, 0.3) is 10.0 Å². The number of rotatable bonds is 8. The molecule has 2 N–H and O–H groups in total. The highest BCUT2D eigenvalue weighted by molar-refractivity contribution is 7.99. The molecule has 0 bridgehead atoms. The number of thiazole rings is 1. The molecule has 0 amide bonds. The number of benzene rings is 2. The summed E-state index contributed by atoms with van der Waals surface area (Å²) in [4.78, 5) is 13.7. The molecule has 1 aliphatic heterocycles. The molecular weight excluding hydrogens is 580 g/mol. The number of sulfonamides is 1. The van der Waals surface area contributed by atoms with Crippen molar-refractivity contribution in [3.05, 3.63) is 71.1 Å². The van der Waals surface area contributed by atoms with Gasteiger partial charge < -0.3 is 5.32 Å². The Labute approximate surface area is 238 Å². The Bertz CT molecular complexity index is 1640. The minimum atomic E-state index is -4.63. The highest BCUT2D eigenvalue weighted by Crippen LogP contribution is 2.40. The fourth-order valence-corrected chi connectivity index (χ4v) is 7.48. The van der Waals surface area contributed by atoms with Crippen LogP contribution in [0, 0.1) is 17.5 Å². The van der Waals surface area contributed by atoms with E-state index in [2.05, 4.69) is 15.0 Å². The maximum absolute atomic E-state index is 14.8. The van der Waals surface area contributed by atoms with Gasteiger partial charge in [-0.25, -0.2) is 36.5 Å². The van der Waals surface area contributed by atoms with E-state index in [9.17, 15) is 21.6 Å². The van der Waals surface area contributed by atoms with Gasteiger partial charge in [-0.2, -0.15) is 11.8 Å². The third-order valence-corrected chi connectivity index (χ3v) is 10.1. The van der Waals surface area contributed by atoms with Crippen molar-refractivity contribution in [2.45, 2.75) is 43.5 Å². The monoisotopic (exact) mass is 605 g/mol. The first kappa shape index (κ1) is 28.4. The summed E-state index contributed by atoms with van der Waals surface area (Å²) < 4.78 is 70.4. The maximum Gasteiger partial charge on any atom is 0.265 e. The highest BCUT2D eigenvalue weighted by atomic mass is 32.2. The first-order valence-corrected chi connectivity index (χ1v) is 16.0. The van der Waals surface area contributed by atoms with Crippen molar-refractivity contribution in [1.82, 2.24) is 15.0 Å². The second-order valence-corrected chi connectivity index (χ2v) is 13.5. The van der Waals surface area contributed by atoms with Gasteiger partial charge in [-0.05, 0) is 66.8 Å². The van der Waals surface area contributed by atoms with Crippen molar-refractivity contribution in [3.8, 4) is 21.8 Å². The normalized spacial score (nSPS) is 14.4. The molecule has 210 valence electrons. The van der Waals surface area contributed by atoms with Crippen molar-refractivity contribution >= 4 is 44.8 Å². The quantitative estimate of drug-likeness (QED) is 0.225. The fourth-order valence-electron chi connectivity index (χ4n) is 4.17. The van der Waals surface area contributed by atoms with Crippen molar-refractivity contribution < 1.29 is 21.6 Å². The van der Waals surface area contributed by atoms with Gasteiger partial charge in [0, 0.05) is 23.7 Å². The molecule has 0 radical (unpaired) electrons. The molecule has 2 aromatic carbocycles. The number of halogens is 3. The molecule has 13 heteroatoms. The van der Waals surface area contributed by atoms with E-state index in [1.165, 1.54) is 23.5 Å². The van der Waals surface area contributed by atoms with Gasteiger partial charge in [0.1, 0.15) is 22.3 Å². The number of nitrogens with one attached hydrogen (secondary N) is 2. The lowest BCUT2D eigenvalue weighted by Crippen LogP contribution is -2.25. The predicted molar refractivity (Wildman–Crippen MR) is 154 cm³/mol. The number of anilines is 2. The van der Waals surface area contributed by atoms with E-state index in [-0.39, 0.29) is 5.92 Å². The summed E-state index contributed by atoms with van der Waals surface area (Å²) in [5.41, 5.74) is 1.11. The average molecular weight is 606 g/mol. The Morgan fingerprint density at radius 3 is 2.48 bits per heavy atom. The van der Waals surface area contributed by atoms with Gasteiger partial charge in [0.15, 0.2) is 0 Å². The number of aromatic nitrogens is 3. The van der Waals surface area contributed by atoms with Crippen LogP contribution in [0.15, 0.2) is 53.6 Å². The zero-order valence-electron chi connectivity index (χ0n) is 21.6. The number of hydrogen-bond acceptors (Lipinski definition) is 8. The van der Waals surface area contributed by atoms with E-state index in [0.717, 1.165) is 41.5 Å². The Hall–Kier alpha value is -3.16. The van der Waals surface area contributed by atoms with Gasteiger partial charge in [-0.3, -0.25) is 4.72 Å². The van der Waals surface area contributed by atoms with Crippen molar-refractivity contribution in [2.75, 3.05) is 21.5 Å². The standard InChI is InChI=1S/C27H26F3N5O2S3/c1-15(2)26-34-24(25(39-26)21-7-10-31-27(33-21)32-18-8-11-38-12-9-18)16-3-5-19(29)22(13-16)35-40(36,37)23-14-17(28)4-6-20(23)30/h3-7,10,13-15,18,35H,8-9,11-12H2,1-2H3,(H,31,32,33). The summed E-state index contributed by atoms with van der Waals surface area (Å²) >= 11 is 3.37. The van der Waals surface area contributed by atoms with Gasteiger partial charge >= 0.3 is 0 Å². The molecule has 0 saturated carbocycles. The van der Waals surface area contributed by atoms with Crippen LogP contribution in [0.2, 0.25) is 0 Å². The van der Waals surface area contributed by atoms with Gasteiger partial charge in [-0.15, -0.1) is 11.3 Å². The van der Waals surface area contributed by atoms with Crippen molar-refractivity contribution in [1.29, 1.82) is 0 Å². The first-order valence-electron chi connectivity index (χ1n) is 12.6. The Morgan fingerprint density at radius 2 is 1.73 bits per heavy atom. The van der Waals surface area contributed by atoms with E-state index in [0.29, 0.717) is 46.0 Å². The van der Waals surface area contributed by atoms with Crippen LogP contribution in [0.25, 0.3) is 21.8 Å². The Morgan fingerprint density at radius 1 is 0.975 bits per heavy atom. The lowest BCUT2D eigenvalue weighted by Gasteiger charge is -2.22. The third kappa shape index (κ3) is 6.26.